The van der Waals surface area contributed by atoms with Crippen LogP contribution in [0.4, 0.5) is 0 Å². The largest absolute Gasteiger partial charge is 0.414 e. The Bertz CT molecular complexity index is 206. The summed E-state index contributed by atoms with van der Waals surface area (Å²) in [6.07, 6.45) is 1.16. The average Bonchev–Trinajstić information content (AvgIpc) is 1.98. The fourth-order valence-corrected chi connectivity index (χ4v) is 9.24. The van der Waals surface area contributed by atoms with Gasteiger partial charge >= 0.3 is 0 Å². The van der Waals surface area contributed by atoms with Crippen LogP contribution in [0.5, 0.6) is 0 Å². The summed E-state index contributed by atoms with van der Waals surface area (Å²) >= 11 is 5.95. The highest BCUT2D eigenvalue weighted by Crippen LogP contribution is 2.39. The van der Waals surface area contributed by atoms with Gasteiger partial charge in [-0.05, 0) is 26.4 Å². The lowest BCUT2D eigenvalue weighted by Crippen LogP contribution is -2.65. The highest BCUT2D eigenvalue weighted by atomic mass is 35.5. The average molecular weight is 237 g/mol. The van der Waals surface area contributed by atoms with E-state index in [2.05, 4.69) is 33.1 Å². The van der Waals surface area contributed by atoms with Crippen molar-refractivity contribution in [1.29, 1.82) is 0 Å². The molecule has 0 spiro atoms. The minimum absolute atomic E-state index is 0.0280. The normalized spacial score (nSPS) is 37.4. The van der Waals surface area contributed by atoms with Gasteiger partial charge in [0.05, 0.1) is 13.2 Å². The van der Waals surface area contributed by atoms with Crippen LogP contribution in [0.15, 0.2) is 0 Å². The highest BCUT2D eigenvalue weighted by molar-refractivity contribution is 7.38. The fourth-order valence-electron chi connectivity index (χ4n) is 1.78. The molecule has 1 fully saturated rings. The van der Waals surface area contributed by atoms with Crippen LogP contribution in [0.2, 0.25) is 32.2 Å². The Hall–Kier alpha value is 0.684. The van der Waals surface area contributed by atoms with Crippen LogP contribution in [0.3, 0.4) is 0 Å². The molecule has 4 heteroatoms. The molecule has 78 valence electrons. The van der Waals surface area contributed by atoms with Gasteiger partial charge in [0.2, 0.25) is 0 Å². The lowest BCUT2D eigenvalue weighted by molar-refractivity contribution is 0.0970. The summed E-state index contributed by atoms with van der Waals surface area (Å²) in [5, 5.41) is 0. The fraction of sp³-hybridized carbons (Fsp3) is 1.00. The second kappa shape index (κ2) is 3.36. The molecule has 0 saturated carbocycles. The molecule has 0 bridgehead atoms. The molecule has 1 aliphatic rings. The van der Waals surface area contributed by atoms with Crippen LogP contribution in [-0.2, 0) is 4.43 Å². The van der Waals surface area contributed by atoms with Crippen molar-refractivity contribution in [3.8, 4) is 0 Å². The molecule has 1 rings (SSSR count). The summed E-state index contributed by atoms with van der Waals surface area (Å²) in [6, 6.07) is 1.38. The van der Waals surface area contributed by atoms with Gasteiger partial charge in [-0.15, -0.1) is 11.6 Å². The van der Waals surface area contributed by atoms with Crippen molar-refractivity contribution in [1.82, 2.24) is 0 Å². The first-order valence-electron chi connectivity index (χ1n) is 4.99. The molecule has 1 aliphatic heterocycles. The second-order valence-corrected chi connectivity index (χ2v) is 21.0. The summed E-state index contributed by atoms with van der Waals surface area (Å²) in [5.41, 5.74) is -0.0280. The molecule has 0 aromatic carbocycles. The van der Waals surface area contributed by atoms with E-state index in [1.165, 1.54) is 6.04 Å². The maximum Gasteiger partial charge on any atom is 0.174 e. The molecule has 1 heterocycles. The second-order valence-electron chi connectivity index (χ2n) is 5.58. The van der Waals surface area contributed by atoms with Gasteiger partial charge in [0.15, 0.2) is 7.83 Å². The minimum atomic E-state index is -1.42. The van der Waals surface area contributed by atoms with E-state index in [1.807, 2.05) is 0 Å². The molecular weight excluding hydrogens is 216 g/mol. The van der Waals surface area contributed by atoms with E-state index >= 15 is 0 Å². The number of hydrogen-bond donors (Lipinski definition) is 0. The van der Waals surface area contributed by atoms with E-state index in [0.717, 1.165) is 6.42 Å². The van der Waals surface area contributed by atoms with Crippen LogP contribution in [0.25, 0.3) is 0 Å². The highest BCUT2D eigenvalue weighted by Gasteiger charge is 2.51. The van der Waals surface area contributed by atoms with E-state index in [0.29, 0.717) is 5.88 Å². The van der Waals surface area contributed by atoms with Crippen molar-refractivity contribution in [2.45, 2.75) is 51.2 Å². The molecular formula is C9H21ClOSi2. The maximum absolute atomic E-state index is 6.29. The van der Waals surface area contributed by atoms with Crippen LogP contribution in [0, 0.1) is 0 Å². The van der Waals surface area contributed by atoms with Gasteiger partial charge in [-0.1, -0.05) is 19.1 Å². The quantitative estimate of drug-likeness (QED) is 0.501. The molecule has 0 amide bonds. The lowest BCUT2D eigenvalue weighted by Gasteiger charge is -2.50. The van der Waals surface area contributed by atoms with Crippen molar-refractivity contribution in [2.24, 2.45) is 0 Å². The molecule has 1 saturated heterocycles. The zero-order valence-electron chi connectivity index (χ0n) is 9.41. The van der Waals surface area contributed by atoms with E-state index in [-0.39, 0.29) is 5.60 Å². The molecule has 1 atom stereocenters. The van der Waals surface area contributed by atoms with Crippen LogP contribution >= 0.6 is 11.6 Å². The first-order chi connectivity index (χ1) is 5.72. The van der Waals surface area contributed by atoms with Gasteiger partial charge in [-0.25, -0.2) is 0 Å². The summed E-state index contributed by atoms with van der Waals surface area (Å²) < 4.78 is 6.29. The first-order valence-corrected chi connectivity index (χ1v) is 12.6. The van der Waals surface area contributed by atoms with Crippen molar-refractivity contribution >= 4 is 27.0 Å². The third-order valence-electron chi connectivity index (χ3n) is 3.69. The topological polar surface area (TPSA) is 9.23 Å². The van der Waals surface area contributed by atoms with Crippen LogP contribution < -0.4 is 0 Å². The number of rotatable bonds is 1. The Balaban J connectivity index is 2.82. The Morgan fingerprint density at radius 1 is 1.31 bits per heavy atom. The van der Waals surface area contributed by atoms with Crippen molar-refractivity contribution in [3.05, 3.63) is 0 Å². The van der Waals surface area contributed by atoms with E-state index in [4.69, 9.17) is 16.0 Å². The summed E-state index contributed by atoms with van der Waals surface area (Å²) in [7, 11) is -2.49. The maximum atomic E-state index is 6.29. The first kappa shape index (κ1) is 11.8. The molecule has 1 nitrogen and oxygen atoms in total. The van der Waals surface area contributed by atoms with Crippen LogP contribution in [0.1, 0.15) is 13.3 Å². The van der Waals surface area contributed by atoms with Gasteiger partial charge in [0, 0.05) is 5.88 Å². The predicted octanol–water partition coefficient (Wildman–Crippen LogP) is 3.40. The zero-order valence-corrected chi connectivity index (χ0v) is 12.2. The number of alkyl halides is 1. The van der Waals surface area contributed by atoms with E-state index < -0.39 is 15.4 Å². The third kappa shape index (κ3) is 2.19. The standard InChI is InChI=1S/C9H21ClOSi2/c1-9(8-10)6-7-12(2,3)13(4,5)11-9/h6-8H2,1-5H3. The number of halogens is 1. The monoisotopic (exact) mass is 236 g/mol. The molecule has 13 heavy (non-hydrogen) atoms. The van der Waals surface area contributed by atoms with Gasteiger partial charge in [-0.3, -0.25) is 0 Å². The van der Waals surface area contributed by atoms with Gasteiger partial charge in [-0.2, -0.15) is 0 Å². The predicted molar refractivity (Wildman–Crippen MR) is 64.6 cm³/mol. The Morgan fingerprint density at radius 2 is 1.85 bits per heavy atom. The van der Waals surface area contributed by atoms with E-state index in [9.17, 15) is 0 Å². The molecule has 0 radical (unpaired) electrons. The van der Waals surface area contributed by atoms with E-state index in [1.54, 1.807) is 0 Å². The minimum Gasteiger partial charge on any atom is -0.414 e. The molecule has 0 N–H and O–H groups in total. The Labute approximate surface area is 88.7 Å². The molecule has 0 aromatic heterocycles. The summed E-state index contributed by atoms with van der Waals surface area (Å²) in [5.74, 6) is 0.647. The summed E-state index contributed by atoms with van der Waals surface area (Å²) in [4.78, 5) is 0. The molecule has 1 unspecified atom stereocenters. The van der Waals surface area contributed by atoms with Crippen molar-refractivity contribution in [2.75, 3.05) is 5.88 Å². The SMILES string of the molecule is CC1(CCl)CC[Si](C)(C)[Si](C)(C)O1. The Kier molecular flexibility index (Phi) is 3.04. The van der Waals surface area contributed by atoms with Crippen LogP contribution in [-0.4, -0.2) is 26.9 Å². The molecule has 0 aromatic rings. The Morgan fingerprint density at radius 3 is 2.23 bits per heavy atom. The molecule has 0 aliphatic carbocycles. The van der Waals surface area contributed by atoms with Gasteiger partial charge in [0.1, 0.15) is 0 Å². The van der Waals surface area contributed by atoms with Crippen molar-refractivity contribution < 1.29 is 4.43 Å². The van der Waals surface area contributed by atoms with Crippen molar-refractivity contribution in [3.63, 3.8) is 0 Å². The number of hydrogen-bond acceptors (Lipinski definition) is 1. The zero-order chi connectivity index (χ0) is 10.3. The lowest BCUT2D eigenvalue weighted by atomic mass is 10.1. The summed E-state index contributed by atoms with van der Waals surface area (Å²) in [6.45, 7) is 11.8. The van der Waals surface area contributed by atoms with Gasteiger partial charge in [0.25, 0.3) is 0 Å². The smallest absolute Gasteiger partial charge is 0.174 e. The third-order valence-corrected chi connectivity index (χ3v) is 20.9. The van der Waals surface area contributed by atoms with Gasteiger partial charge < -0.3 is 4.43 Å².